The summed E-state index contributed by atoms with van der Waals surface area (Å²) in [5.41, 5.74) is -0.551. The summed E-state index contributed by atoms with van der Waals surface area (Å²) in [6.07, 6.45) is 2.65. The lowest BCUT2D eigenvalue weighted by Crippen LogP contribution is -2.37. The third kappa shape index (κ3) is 3.91. The van der Waals surface area contributed by atoms with Crippen LogP contribution in [0, 0.1) is 17.2 Å². The topological polar surface area (TPSA) is 94.0 Å². The summed E-state index contributed by atoms with van der Waals surface area (Å²) in [5, 5.41) is 8.60. The van der Waals surface area contributed by atoms with Gasteiger partial charge in [-0.2, -0.15) is 9.57 Å². The van der Waals surface area contributed by atoms with Crippen LogP contribution in [0.5, 0.6) is 0 Å². The van der Waals surface area contributed by atoms with Crippen LogP contribution in [0.3, 0.4) is 0 Å². The van der Waals surface area contributed by atoms with Crippen LogP contribution >= 0.6 is 0 Å². The number of aromatic nitrogens is 1. The van der Waals surface area contributed by atoms with E-state index in [9.17, 15) is 13.2 Å². The monoisotopic (exact) mass is 283 g/mol. The van der Waals surface area contributed by atoms with Gasteiger partial charge in [-0.1, -0.05) is 13.8 Å². The summed E-state index contributed by atoms with van der Waals surface area (Å²) in [6.45, 7) is 4.12. The maximum atomic E-state index is 12.4. The van der Waals surface area contributed by atoms with E-state index in [1.54, 1.807) is 0 Å². The van der Waals surface area contributed by atoms with Gasteiger partial charge in [-0.05, 0) is 5.92 Å². The fourth-order valence-electron chi connectivity index (χ4n) is 1.63. The van der Waals surface area contributed by atoms with Gasteiger partial charge in [0.1, 0.15) is 4.90 Å². The normalized spacial score (nSPS) is 11.7. The largest absolute Gasteiger partial charge is 0.366 e. The quantitative estimate of drug-likeness (QED) is 0.840. The van der Waals surface area contributed by atoms with E-state index < -0.39 is 15.5 Å². The Morgan fingerprint density at radius 1 is 1.47 bits per heavy atom. The highest BCUT2D eigenvalue weighted by Crippen LogP contribution is 2.13. The molecular weight excluding hydrogens is 266 g/mol. The Kier molecular flexibility index (Phi) is 5.27. The zero-order valence-corrected chi connectivity index (χ0v) is 11.8. The first-order valence-electron chi connectivity index (χ1n) is 5.93. The van der Waals surface area contributed by atoms with Gasteiger partial charge in [0.25, 0.3) is 0 Å². The minimum Gasteiger partial charge on any atom is -0.366 e. The number of nitriles is 1. The number of H-pyrrole nitrogens is 1. The second kappa shape index (κ2) is 6.50. The first kappa shape index (κ1) is 15.4. The van der Waals surface area contributed by atoms with Crippen LogP contribution in [0.15, 0.2) is 28.2 Å². The molecule has 0 aliphatic rings. The highest BCUT2D eigenvalue weighted by molar-refractivity contribution is 7.89. The molecule has 0 saturated carbocycles. The number of rotatable bonds is 6. The second-order valence-corrected chi connectivity index (χ2v) is 6.44. The number of nitrogens with zero attached hydrogens (tertiary/aromatic N) is 2. The molecule has 0 unspecified atom stereocenters. The maximum absolute atomic E-state index is 12.4. The number of sulfonamides is 1. The van der Waals surface area contributed by atoms with Gasteiger partial charge < -0.3 is 4.98 Å². The van der Waals surface area contributed by atoms with E-state index in [4.69, 9.17) is 5.26 Å². The Balaban J connectivity index is 3.16. The predicted molar refractivity (Wildman–Crippen MR) is 70.9 cm³/mol. The van der Waals surface area contributed by atoms with Gasteiger partial charge in [-0.15, -0.1) is 0 Å². The van der Waals surface area contributed by atoms with Gasteiger partial charge in [-0.25, -0.2) is 8.42 Å². The summed E-state index contributed by atoms with van der Waals surface area (Å²) in [5.74, 6) is 0.108. The molecule has 1 rings (SSSR count). The first-order chi connectivity index (χ1) is 8.89. The van der Waals surface area contributed by atoms with E-state index in [0.29, 0.717) is 0 Å². The third-order valence-electron chi connectivity index (χ3n) is 2.45. The molecule has 104 valence electrons. The molecule has 1 aromatic rings. The molecular formula is C12H17N3O3S. The SMILES string of the molecule is CC(C)CN(CCC#N)S(=O)(=O)c1c[nH]ccc1=O. The molecule has 0 aromatic carbocycles. The third-order valence-corrected chi connectivity index (χ3v) is 4.33. The van der Waals surface area contributed by atoms with Crippen molar-refractivity contribution >= 4 is 10.0 Å². The molecule has 0 atom stereocenters. The van der Waals surface area contributed by atoms with Crippen molar-refractivity contribution in [1.29, 1.82) is 5.26 Å². The molecule has 0 bridgehead atoms. The summed E-state index contributed by atoms with van der Waals surface area (Å²) in [7, 11) is -3.86. The van der Waals surface area contributed by atoms with Crippen molar-refractivity contribution in [3.05, 3.63) is 28.7 Å². The fourth-order valence-corrected chi connectivity index (χ4v) is 3.28. The summed E-state index contributed by atoms with van der Waals surface area (Å²) >= 11 is 0. The van der Waals surface area contributed by atoms with Crippen molar-refractivity contribution in [2.75, 3.05) is 13.1 Å². The lowest BCUT2D eigenvalue weighted by molar-refractivity contribution is 0.372. The minimum atomic E-state index is -3.86. The zero-order valence-electron chi connectivity index (χ0n) is 11.0. The Morgan fingerprint density at radius 3 is 2.68 bits per heavy atom. The Hall–Kier alpha value is -1.65. The summed E-state index contributed by atoms with van der Waals surface area (Å²) in [6, 6.07) is 3.09. The molecule has 6 nitrogen and oxygen atoms in total. The van der Waals surface area contributed by atoms with Crippen LogP contribution in [0.4, 0.5) is 0 Å². The molecule has 1 N–H and O–H groups in total. The molecule has 0 spiro atoms. The van der Waals surface area contributed by atoms with Crippen LogP contribution in [-0.2, 0) is 10.0 Å². The maximum Gasteiger partial charge on any atom is 0.248 e. The Labute approximate surface area is 112 Å². The highest BCUT2D eigenvalue weighted by Gasteiger charge is 2.27. The van der Waals surface area contributed by atoms with Gasteiger partial charge in [0, 0.05) is 38.0 Å². The van der Waals surface area contributed by atoms with E-state index >= 15 is 0 Å². The molecule has 1 aromatic heterocycles. The number of nitrogens with one attached hydrogen (secondary N) is 1. The molecule has 1 heterocycles. The lowest BCUT2D eigenvalue weighted by atomic mass is 10.2. The summed E-state index contributed by atoms with van der Waals surface area (Å²) in [4.78, 5) is 14.0. The zero-order chi connectivity index (χ0) is 14.5. The predicted octanol–water partition coefficient (Wildman–Crippen LogP) is 0.935. The number of hydrogen-bond donors (Lipinski definition) is 1. The number of pyridine rings is 1. The molecule has 0 fully saturated rings. The van der Waals surface area contributed by atoms with Crippen LogP contribution in [-0.4, -0.2) is 30.8 Å². The number of aromatic amines is 1. The van der Waals surface area contributed by atoms with Crippen molar-refractivity contribution < 1.29 is 8.42 Å². The standard InChI is InChI=1S/C12H17N3O3S/c1-10(2)9-15(7-3-5-13)19(17,18)12-8-14-6-4-11(12)16/h4,6,8,10H,3,7,9H2,1-2H3,(H,14,16). The first-order valence-corrected chi connectivity index (χ1v) is 7.37. The Morgan fingerprint density at radius 2 is 2.16 bits per heavy atom. The number of hydrogen-bond acceptors (Lipinski definition) is 4. The molecule has 0 aliphatic carbocycles. The van der Waals surface area contributed by atoms with E-state index in [0.717, 1.165) is 0 Å². The van der Waals surface area contributed by atoms with E-state index in [2.05, 4.69) is 4.98 Å². The van der Waals surface area contributed by atoms with Crippen molar-refractivity contribution in [3.63, 3.8) is 0 Å². The van der Waals surface area contributed by atoms with Crippen LogP contribution < -0.4 is 5.43 Å². The Bertz CT molecular complexity index is 614. The smallest absolute Gasteiger partial charge is 0.248 e. The molecule has 7 heteroatoms. The van der Waals surface area contributed by atoms with E-state index in [1.807, 2.05) is 19.9 Å². The van der Waals surface area contributed by atoms with Gasteiger partial charge >= 0.3 is 0 Å². The molecule has 0 aliphatic heterocycles. The highest BCUT2D eigenvalue weighted by atomic mass is 32.2. The van der Waals surface area contributed by atoms with Crippen LogP contribution in [0.2, 0.25) is 0 Å². The van der Waals surface area contributed by atoms with Gasteiger partial charge in [-0.3, -0.25) is 4.79 Å². The van der Waals surface area contributed by atoms with E-state index in [1.165, 1.54) is 22.8 Å². The molecule has 0 amide bonds. The molecule has 0 radical (unpaired) electrons. The molecule has 19 heavy (non-hydrogen) atoms. The second-order valence-electron chi connectivity index (χ2n) is 4.54. The molecule has 0 saturated heterocycles. The fraction of sp³-hybridized carbons (Fsp3) is 0.500. The lowest BCUT2D eigenvalue weighted by Gasteiger charge is -2.22. The van der Waals surface area contributed by atoms with Crippen molar-refractivity contribution in [3.8, 4) is 6.07 Å². The van der Waals surface area contributed by atoms with Gasteiger partial charge in [0.05, 0.1) is 6.07 Å². The average molecular weight is 283 g/mol. The average Bonchev–Trinajstić information content (AvgIpc) is 2.34. The minimum absolute atomic E-state index is 0.0886. The summed E-state index contributed by atoms with van der Waals surface area (Å²) < 4.78 is 26.0. The van der Waals surface area contributed by atoms with Gasteiger partial charge in [0.15, 0.2) is 0 Å². The van der Waals surface area contributed by atoms with Crippen LogP contribution in [0.1, 0.15) is 20.3 Å². The van der Waals surface area contributed by atoms with Crippen molar-refractivity contribution in [1.82, 2.24) is 9.29 Å². The van der Waals surface area contributed by atoms with Gasteiger partial charge in [0.2, 0.25) is 15.5 Å². The van der Waals surface area contributed by atoms with E-state index in [-0.39, 0.29) is 30.3 Å². The van der Waals surface area contributed by atoms with Crippen LogP contribution in [0.25, 0.3) is 0 Å². The van der Waals surface area contributed by atoms with Crippen molar-refractivity contribution in [2.45, 2.75) is 25.2 Å². The van der Waals surface area contributed by atoms with Crippen molar-refractivity contribution in [2.24, 2.45) is 5.92 Å².